The quantitative estimate of drug-likeness (QED) is 0.721. The van der Waals surface area contributed by atoms with Crippen molar-refractivity contribution in [2.45, 2.75) is 32.7 Å². The number of hydrogen-bond donors (Lipinski definition) is 0. The normalized spacial score (nSPS) is 24.3. The minimum absolute atomic E-state index is 0.134. The molecule has 4 nitrogen and oxygen atoms in total. The van der Waals surface area contributed by atoms with Gasteiger partial charge in [0.1, 0.15) is 0 Å². The van der Waals surface area contributed by atoms with Crippen LogP contribution in [0.25, 0.3) is 0 Å². The molecular formula is C13H24N2O2. The van der Waals surface area contributed by atoms with Crippen molar-refractivity contribution in [1.29, 1.82) is 0 Å². The van der Waals surface area contributed by atoms with Crippen LogP contribution in [0.1, 0.15) is 26.7 Å². The fourth-order valence-electron chi connectivity index (χ4n) is 2.76. The van der Waals surface area contributed by atoms with E-state index in [2.05, 4.69) is 4.90 Å². The minimum atomic E-state index is 0.134. The van der Waals surface area contributed by atoms with Crippen molar-refractivity contribution in [2.75, 3.05) is 39.4 Å². The van der Waals surface area contributed by atoms with Gasteiger partial charge < -0.3 is 9.64 Å². The first kappa shape index (κ1) is 12.8. The Morgan fingerprint density at radius 3 is 2.24 bits per heavy atom. The lowest BCUT2D eigenvalue weighted by Gasteiger charge is -2.40. The van der Waals surface area contributed by atoms with E-state index >= 15 is 0 Å². The SMILES string of the molecule is CC(C)C(=O)N1CCC(N2CCOCC2)CC1. The smallest absolute Gasteiger partial charge is 0.225 e. The Labute approximate surface area is 104 Å². The molecule has 2 heterocycles. The van der Waals surface area contributed by atoms with Gasteiger partial charge in [0.25, 0.3) is 0 Å². The fraction of sp³-hybridized carbons (Fsp3) is 0.923. The first-order chi connectivity index (χ1) is 8.18. The first-order valence-electron chi connectivity index (χ1n) is 6.79. The number of hydrogen-bond acceptors (Lipinski definition) is 3. The number of carbonyl (C=O) groups excluding carboxylic acids is 1. The summed E-state index contributed by atoms with van der Waals surface area (Å²) in [5, 5.41) is 0. The van der Waals surface area contributed by atoms with Gasteiger partial charge in [-0.05, 0) is 12.8 Å². The van der Waals surface area contributed by atoms with Crippen LogP contribution in [0.3, 0.4) is 0 Å². The molecule has 98 valence electrons. The second kappa shape index (κ2) is 5.83. The Bertz CT molecular complexity index is 254. The molecule has 17 heavy (non-hydrogen) atoms. The third-order valence-corrected chi connectivity index (χ3v) is 3.83. The van der Waals surface area contributed by atoms with E-state index in [-0.39, 0.29) is 5.92 Å². The van der Waals surface area contributed by atoms with Crippen molar-refractivity contribution in [3.63, 3.8) is 0 Å². The summed E-state index contributed by atoms with van der Waals surface area (Å²) >= 11 is 0. The van der Waals surface area contributed by atoms with Crippen molar-refractivity contribution in [3.05, 3.63) is 0 Å². The average Bonchev–Trinajstić information content (AvgIpc) is 2.39. The number of piperidine rings is 1. The highest BCUT2D eigenvalue weighted by Crippen LogP contribution is 2.19. The zero-order valence-corrected chi connectivity index (χ0v) is 11.0. The molecule has 0 aromatic heterocycles. The van der Waals surface area contributed by atoms with Crippen LogP contribution in [-0.4, -0.2) is 61.1 Å². The number of nitrogens with zero attached hydrogens (tertiary/aromatic N) is 2. The Morgan fingerprint density at radius 1 is 1.12 bits per heavy atom. The highest BCUT2D eigenvalue weighted by molar-refractivity contribution is 5.78. The van der Waals surface area contributed by atoms with E-state index in [1.165, 1.54) is 0 Å². The third-order valence-electron chi connectivity index (χ3n) is 3.83. The lowest BCUT2D eigenvalue weighted by atomic mass is 10.0. The highest BCUT2D eigenvalue weighted by atomic mass is 16.5. The van der Waals surface area contributed by atoms with Crippen LogP contribution in [-0.2, 0) is 9.53 Å². The number of carbonyl (C=O) groups is 1. The molecule has 0 aromatic rings. The molecule has 0 radical (unpaired) electrons. The molecule has 2 aliphatic heterocycles. The van der Waals surface area contributed by atoms with Gasteiger partial charge in [-0.25, -0.2) is 0 Å². The summed E-state index contributed by atoms with van der Waals surface area (Å²) < 4.78 is 5.38. The summed E-state index contributed by atoms with van der Waals surface area (Å²) in [4.78, 5) is 16.4. The third kappa shape index (κ3) is 3.19. The Morgan fingerprint density at radius 2 is 1.71 bits per heavy atom. The van der Waals surface area contributed by atoms with E-state index in [1.807, 2.05) is 18.7 Å². The van der Waals surface area contributed by atoms with E-state index in [9.17, 15) is 4.79 Å². The maximum atomic E-state index is 11.9. The second-order valence-corrected chi connectivity index (χ2v) is 5.36. The molecule has 0 unspecified atom stereocenters. The average molecular weight is 240 g/mol. The molecule has 0 atom stereocenters. The number of amides is 1. The molecule has 0 saturated carbocycles. The van der Waals surface area contributed by atoms with Gasteiger partial charge in [-0.2, -0.15) is 0 Å². The van der Waals surface area contributed by atoms with Crippen LogP contribution in [0.2, 0.25) is 0 Å². The van der Waals surface area contributed by atoms with Crippen molar-refractivity contribution in [1.82, 2.24) is 9.80 Å². The predicted octanol–water partition coefficient (Wildman–Crippen LogP) is 0.966. The van der Waals surface area contributed by atoms with Crippen LogP contribution in [0.15, 0.2) is 0 Å². The Balaban J connectivity index is 1.79. The van der Waals surface area contributed by atoms with Crippen LogP contribution < -0.4 is 0 Å². The standard InChI is InChI=1S/C13H24N2O2/c1-11(2)13(16)15-5-3-12(4-6-15)14-7-9-17-10-8-14/h11-12H,3-10H2,1-2H3. The van der Waals surface area contributed by atoms with Gasteiger partial charge in [0.15, 0.2) is 0 Å². The molecular weight excluding hydrogens is 216 g/mol. The number of ether oxygens (including phenoxy) is 1. The van der Waals surface area contributed by atoms with E-state index in [4.69, 9.17) is 4.74 Å². The number of likely N-dealkylation sites (tertiary alicyclic amines) is 1. The zero-order chi connectivity index (χ0) is 12.3. The number of rotatable bonds is 2. The monoisotopic (exact) mass is 240 g/mol. The molecule has 2 rings (SSSR count). The highest BCUT2D eigenvalue weighted by Gasteiger charge is 2.28. The van der Waals surface area contributed by atoms with Gasteiger partial charge in [0.2, 0.25) is 5.91 Å². The molecule has 0 bridgehead atoms. The summed E-state index contributed by atoms with van der Waals surface area (Å²) in [6, 6.07) is 0.662. The van der Waals surface area contributed by atoms with Crippen molar-refractivity contribution in [3.8, 4) is 0 Å². The predicted molar refractivity (Wildman–Crippen MR) is 66.8 cm³/mol. The second-order valence-electron chi connectivity index (χ2n) is 5.36. The number of morpholine rings is 1. The van der Waals surface area contributed by atoms with E-state index in [0.29, 0.717) is 11.9 Å². The molecule has 0 aliphatic carbocycles. The van der Waals surface area contributed by atoms with Gasteiger partial charge in [-0.3, -0.25) is 9.69 Å². The Hall–Kier alpha value is -0.610. The summed E-state index contributed by atoms with van der Waals surface area (Å²) in [5.41, 5.74) is 0. The molecule has 4 heteroatoms. The molecule has 2 fully saturated rings. The van der Waals surface area contributed by atoms with E-state index in [0.717, 1.165) is 52.2 Å². The van der Waals surface area contributed by atoms with Gasteiger partial charge >= 0.3 is 0 Å². The molecule has 2 aliphatic rings. The van der Waals surface area contributed by atoms with Crippen LogP contribution in [0, 0.1) is 5.92 Å². The minimum Gasteiger partial charge on any atom is -0.379 e. The first-order valence-corrected chi connectivity index (χ1v) is 6.79. The van der Waals surface area contributed by atoms with Crippen LogP contribution in [0.5, 0.6) is 0 Å². The fourth-order valence-corrected chi connectivity index (χ4v) is 2.76. The molecule has 0 N–H and O–H groups in total. The van der Waals surface area contributed by atoms with Gasteiger partial charge in [0, 0.05) is 38.1 Å². The van der Waals surface area contributed by atoms with E-state index < -0.39 is 0 Å². The van der Waals surface area contributed by atoms with Crippen molar-refractivity contribution >= 4 is 5.91 Å². The summed E-state index contributed by atoms with van der Waals surface area (Å²) in [7, 11) is 0. The largest absolute Gasteiger partial charge is 0.379 e. The van der Waals surface area contributed by atoms with E-state index in [1.54, 1.807) is 0 Å². The van der Waals surface area contributed by atoms with Gasteiger partial charge in [0.05, 0.1) is 13.2 Å². The summed E-state index contributed by atoms with van der Waals surface area (Å²) in [6.45, 7) is 9.67. The lowest BCUT2D eigenvalue weighted by Crippen LogP contribution is -2.50. The van der Waals surface area contributed by atoms with Crippen LogP contribution >= 0.6 is 0 Å². The maximum Gasteiger partial charge on any atom is 0.225 e. The molecule has 0 spiro atoms. The molecule has 0 aromatic carbocycles. The zero-order valence-electron chi connectivity index (χ0n) is 11.0. The van der Waals surface area contributed by atoms with Crippen molar-refractivity contribution < 1.29 is 9.53 Å². The Kier molecular flexibility index (Phi) is 4.40. The molecule has 2 saturated heterocycles. The lowest BCUT2D eigenvalue weighted by molar-refractivity contribution is -0.136. The van der Waals surface area contributed by atoms with Crippen molar-refractivity contribution in [2.24, 2.45) is 5.92 Å². The maximum absolute atomic E-state index is 11.9. The topological polar surface area (TPSA) is 32.8 Å². The molecule has 1 amide bonds. The van der Waals surface area contributed by atoms with Gasteiger partial charge in [-0.15, -0.1) is 0 Å². The summed E-state index contributed by atoms with van der Waals surface area (Å²) in [6.07, 6.45) is 2.25. The van der Waals surface area contributed by atoms with Crippen LogP contribution in [0.4, 0.5) is 0 Å². The summed E-state index contributed by atoms with van der Waals surface area (Å²) in [5.74, 6) is 0.445. The van der Waals surface area contributed by atoms with Gasteiger partial charge in [-0.1, -0.05) is 13.8 Å².